The van der Waals surface area contributed by atoms with Crippen molar-refractivity contribution in [2.24, 2.45) is 5.92 Å². The maximum absolute atomic E-state index is 12.4. The van der Waals surface area contributed by atoms with Gasteiger partial charge in [0.2, 0.25) is 5.91 Å². The first-order chi connectivity index (χ1) is 10.7. The molecule has 4 heteroatoms. The Morgan fingerprint density at radius 2 is 2.05 bits per heavy atom. The van der Waals surface area contributed by atoms with Crippen molar-refractivity contribution in [2.45, 2.75) is 44.6 Å². The number of carbonyl (C=O) groups is 1. The molecule has 0 spiro atoms. The summed E-state index contributed by atoms with van der Waals surface area (Å²) >= 11 is 0. The van der Waals surface area contributed by atoms with Crippen molar-refractivity contribution in [3.8, 4) is 0 Å². The van der Waals surface area contributed by atoms with E-state index in [0.717, 1.165) is 44.3 Å². The van der Waals surface area contributed by atoms with Crippen molar-refractivity contribution in [2.75, 3.05) is 30.9 Å². The molecular formula is C18H26N2O2. The Hall–Kier alpha value is -1.55. The minimum absolute atomic E-state index is 0.130. The van der Waals surface area contributed by atoms with Crippen LogP contribution in [-0.2, 0) is 16.0 Å². The molecule has 0 aromatic heterocycles. The molecule has 1 saturated carbocycles. The molecule has 120 valence electrons. The summed E-state index contributed by atoms with van der Waals surface area (Å²) in [6, 6.07) is 6.30. The van der Waals surface area contributed by atoms with Crippen LogP contribution >= 0.6 is 0 Å². The molecule has 3 rings (SSSR count). The van der Waals surface area contributed by atoms with Gasteiger partial charge in [-0.3, -0.25) is 4.79 Å². The summed E-state index contributed by atoms with van der Waals surface area (Å²) in [5.41, 5.74) is 3.58. The molecule has 0 radical (unpaired) electrons. The number of anilines is 2. The van der Waals surface area contributed by atoms with E-state index in [0.29, 0.717) is 6.10 Å². The maximum Gasteiger partial charge on any atom is 0.227 e. The minimum Gasteiger partial charge on any atom is -0.381 e. The third-order valence-corrected chi connectivity index (χ3v) is 5.08. The van der Waals surface area contributed by atoms with E-state index in [9.17, 15) is 4.79 Å². The van der Waals surface area contributed by atoms with Crippen LogP contribution < -0.4 is 10.2 Å². The second-order valence-corrected chi connectivity index (χ2v) is 6.57. The fraction of sp³-hybridized carbons (Fsp3) is 0.611. The lowest BCUT2D eigenvalue weighted by Crippen LogP contribution is -2.29. The maximum atomic E-state index is 12.4. The summed E-state index contributed by atoms with van der Waals surface area (Å²) < 4.78 is 5.37. The quantitative estimate of drug-likeness (QED) is 0.932. The highest BCUT2D eigenvalue weighted by Crippen LogP contribution is 2.30. The number of hydrogen-bond donors (Lipinski definition) is 1. The predicted molar refractivity (Wildman–Crippen MR) is 89.4 cm³/mol. The summed E-state index contributed by atoms with van der Waals surface area (Å²) in [5.74, 6) is 0.295. The largest absolute Gasteiger partial charge is 0.381 e. The third kappa shape index (κ3) is 3.27. The number of aryl methyl sites for hydroxylation is 1. The first kappa shape index (κ1) is 15.3. The molecule has 2 aliphatic rings. The van der Waals surface area contributed by atoms with Gasteiger partial charge in [-0.25, -0.2) is 0 Å². The molecule has 1 aromatic rings. The van der Waals surface area contributed by atoms with Crippen molar-refractivity contribution in [1.29, 1.82) is 0 Å². The van der Waals surface area contributed by atoms with E-state index in [1.165, 1.54) is 17.7 Å². The normalized spacial score (nSPS) is 24.7. The van der Waals surface area contributed by atoms with Gasteiger partial charge < -0.3 is 15.0 Å². The van der Waals surface area contributed by atoms with Crippen LogP contribution in [0, 0.1) is 5.92 Å². The number of methoxy groups -OCH3 is 1. The Labute approximate surface area is 132 Å². The highest BCUT2D eigenvalue weighted by molar-refractivity contribution is 5.93. The van der Waals surface area contributed by atoms with Crippen LogP contribution in [0.1, 0.15) is 37.7 Å². The van der Waals surface area contributed by atoms with Crippen molar-refractivity contribution in [3.63, 3.8) is 0 Å². The summed E-state index contributed by atoms with van der Waals surface area (Å²) in [7, 11) is 3.89. The number of carbonyl (C=O) groups excluding carboxylic acids is 1. The molecule has 22 heavy (non-hydrogen) atoms. The molecule has 1 fully saturated rings. The third-order valence-electron chi connectivity index (χ3n) is 5.08. The smallest absolute Gasteiger partial charge is 0.227 e. The van der Waals surface area contributed by atoms with Gasteiger partial charge in [-0.15, -0.1) is 0 Å². The van der Waals surface area contributed by atoms with Gasteiger partial charge >= 0.3 is 0 Å². The van der Waals surface area contributed by atoms with E-state index >= 15 is 0 Å². The van der Waals surface area contributed by atoms with E-state index in [-0.39, 0.29) is 11.8 Å². The number of nitrogens with zero attached hydrogens (tertiary/aromatic N) is 1. The molecule has 0 atom stereocenters. The van der Waals surface area contributed by atoms with Gasteiger partial charge in [-0.05, 0) is 62.3 Å². The van der Waals surface area contributed by atoms with Crippen LogP contribution in [0.15, 0.2) is 18.2 Å². The Kier molecular flexibility index (Phi) is 4.67. The lowest BCUT2D eigenvalue weighted by molar-refractivity contribution is -0.121. The Morgan fingerprint density at radius 3 is 2.77 bits per heavy atom. The summed E-state index contributed by atoms with van der Waals surface area (Å²) in [6.45, 7) is 1.11. The van der Waals surface area contributed by atoms with Crippen LogP contribution in [0.25, 0.3) is 0 Å². The number of hydrogen-bond acceptors (Lipinski definition) is 3. The number of benzene rings is 1. The summed E-state index contributed by atoms with van der Waals surface area (Å²) in [5, 5.41) is 3.11. The zero-order valence-corrected chi connectivity index (χ0v) is 13.6. The Balaban J connectivity index is 1.62. The first-order valence-electron chi connectivity index (χ1n) is 8.35. The zero-order valence-electron chi connectivity index (χ0n) is 13.6. The fourth-order valence-corrected chi connectivity index (χ4v) is 3.67. The first-order valence-corrected chi connectivity index (χ1v) is 8.35. The van der Waals surface area contributed by atoms with Crippen molar-refractivity contribution < 1.29 is 9.53 Å². The Morgan fingerprint density at radius 1 is 1.27 bits per heavy atom. The van der Waals surface area contributed by atoms with Gasteiger partial charge in [-0.1, -0.05) is 0 Å². The average Bonchev–Trinajstić information content (AvgIpc) is 2.55. The number of fused-ring (bicyclic) bond motifs is 1. The average molecular weight is 302 g/mol. The molecule has 4 nitrogen and oxygen atoms in total. The van der Waals surface area contributed by atoms with E-state index in [4.69, 9.17) is 4.74 Å². The van der Waals surface area contributed by atoms with Crippen LogP contribution in [0.4, 0.5) is 11.4 Å². The van der Waals surface area contributed by atoms with Gasteiger partial charge in [0.1, 0.15) is 0 Å². The zero-order chi connectivity index (χ0) is 15.5. The van der Waals surface area contributed by atoms with Crippen LogP contribution in [-0.4, -0.2) is 32.7 Å². The van der Waals surface area contributed by atoms with Crippen molar-refractivity contribution in [3.05, 3.63) is 23.8 Å². The summed E-state index contributed by atoms with van der Waals surface area (Å²) in [6.07, 6.45) is 6.45. The van der Waals surface area contributed by atoms with Gasteiger partial charge in [0.25, 0.3) is 0 Å². The lowest BCUT2D eigenvalue weighted by Gasteiger charge is -2.29. The molecule has 1 aliphatic heterocycles. The number of ether oxygens (including phenoxy) is 1. The molecule has 0 bridgehead atoms. The molecule has 1 aliphatic carbocycles. The monoisotopic (exact) mass is 302 g/mol. The molecule has 0 unspecified atom stereocenters. The van der Waals surface area contributed by atoms with Crippen LogP contribution in [0.2, 0.25) is 0 Å². The Bertz CT molecular complexity index is 536. The fourth-order valence-electron chi connectivity index (χ4n) is 3.67. The lowest BCUT2D eigenvalue weighted by atomic mass is 9.86. The van der Waals surface area contributed by atoms with Gasteiger partial charge in [0.05, 0.1) is 6.10 Å². The molecule has 1 N–H and O–H groups in total. The molecule has 1 heterocycles. The topological polar surface area (TPSA) is 41.6 Å². The second kappa shape index (κ2) is 6.69. The standard InChI is InChI=1S/C18H26N2O2/c1-20-11-3-4-14-12-15(7-10-17(14)20)19-18(21)13-5-8-16(22-2)9-6-13/h7,10,12-13,16H,3-6,8-9,11H2,1-2H3,(H,19,21). The van der Waals surface area contributed by atoms with Crippen LogP contribution in [0.5, 0.6) is 0 Å². The molecular weight excluding hydrogens is 276 g/mol. The highest BCUT2D eigenvalue weighted by Gasteiger charge is 2.26. The van der Waals surface area contributed by atoms with Gasteiger partial charge in [0, 0.05) is 38.0 Å². The predicted octanol–water partition coefficient (Wildman–Crippen LogP) is 3.21. The number of amides is 1. The number of rotatable bonds is 3. The minimum atomic E-state index is 0.130. The SMILES string of the molecule is COC1CCC(C(=O)Nc2ccc3c(c2)CCCN3C)CC1. The summed E-state index contributed by atoms with van der Waals surface area (Å²) in [4.78, 5) is 14.7. The molecule has 0 saturated heterocycles. The van der Waals surface area contributed by atoms with E-state index in [1.54, 1.807) is 7.11 Å². The second-order valence-electron chi connectivity index (χ2n) is 6.57. The van der Waals surface area contributed by atoms with Crippen LogP contribution in [0.3, 0.4) is 0 Å². The van der Waals surface area contributed by atoms with E-state index in [1.807, 2.05) is 6.07 Å². The van der Waals surface area contributed by atoms with Gasteiger partial charge in [0.15, 0.2) is 0 Å². The molecule has 1 aromatic carbocycles. The molecule has 1 amide bonds. The van der Waals surface area contributed by atoms with E-state index < -0.39 is 0 Å². The highest BCUT2D eigenvalue weighted by atomic mass is 16.5. The van der Waals surface area contributed by atoms with Crippen molar-refractivity contribution in [1.82, 2.24) is 0 Å². The van der Waals surface area contributed by atoms with Gasteiger partial charge in [-0.2, -0.15) is 0 Å². The van der Waals surface area contributed by atoms with Crippen molar-refractivity contribution >= 4 is 17.3 Å². The van der Waals surface area contributed by atoms with E-state index in [2.05, 4.69) is 29.4 Å². The number of nitrogens with one attached hydrogen (secondary N) is 1.